The molecule has 0 saturated carbocycles. The Morgan fingerprint density at radius 2 is 0.946 bits per heavy atom. The summed E-state index contributed by atoms with van der Waals surface area (Å²) in [6, 6.07) is 39.2. The maximum atomic E-state index is 14.1. The number of ether oxygens (including phenoxy) is 7. The molecule has 1 aliphatic rings. The van der Waals surface area contributed by atoms with E-state index in [0.717, 1.165) is 25.7 Å². The molecule has 0 N–H and O–H groups in total. The fourth-order valence-electron chi connectivity index (χ4n) is 8.28. The quantitative estimate of drug-likeness (QED) is 0.00836. The van der Waals surface area contributed by atoms with Gasteiger partial charge in [0.1, 0.15) is 24.9 Å². The number of benzene rings is 5. The van der Waals surface area contributed by atoms with Gasteiger partial charge in [-0.1, -0.05) is 173 Å². The number of azide groups is 1. The minimum atomic E-state index is -1.71. The third-order valence-corrected chi connectivity index (χ3v) is 12.3. The summed E-state index contributed by atoms with van der Waals surface area (Å²) < 4.78 is 43.3. The first kappa shape index (κ1) is 55.7. The SMILES string of the molecule is CCCCCCCCCCCCC/C=C/[C@H](OC(=O)c1ccccc1)[C@@H](CO[C@H]1O[C@@H](COC(=O)c2ccccc2)[C@@H](OC(=O)c2ccccc2)[C@@H](OC(=O)c2ccccc2)[C@@H]1OC(=O)c1ccccc1)N=[N+]=[N-]. The van der Waals surface area contributed by atoms with E-state index in [9.17, 15) is 29.5 Å². The van der Waals surface area contributed by atoms with Gasteiger partial charge in [-0.15, -0.1) is 0 Å². The van der Waals surface area contributed by atoms with Crippen molar-refractivity contribution in [1.82, 2.24) is 0 Å². The molecular formula is C59H65N3O12. The zero-order valence-corrected chi connectivity index (χ0v) is 41.8. The maximum absolute atomic E-state index is 14.1. The van der Waals surface area contributed by atoms with Crippen molar-refractivity contribution in [3.63, 3.8) is 0 Å². The molecule has 0 unspecified atom stereocenters. The molecule has 6 rings (SSSR count). The van der Waals surface area contributed by atoms with E-state index in [1.807, 2.05) is 6.08 Å². The molecule has 0 bridgehead atoms. The van der Waals surface area contributed by atoms with Gasteiger partial charge in [-0.3, -0.25) is 0 Å². The lowest BCUT2D eigenvalue weighted by atomic mass is 9.97. The van der Waals surface area contributed by atoms with Crippen LogP contribution in [0.5, 0.6) is 0 Å². The Labute approximate surface area is 432 Å². The normalized spacial score (nSPS) is 18.0. The van der Waals surface area contributed by atoms with Crippen LogP contribution < -0.4 is 0 Å². The highest BCUT2D eigenvalue weighted by Gasteiger charge is 2.54. The van der Waals surface area contributed by atoms with Crippen molar-refractivity contribution in [3.05, 3.63) is 202 Å². The lowest BCUT2D eigenvalue weighted by molar-refractivity contribution is -0.299. The van der Waals surface area contributed by atoms with Gasteiger partial charge in [-0.2, -0.15) is 0 Å². The van der Waals surface area contributed by atoms with Crippen molar-refractivity contribution in [2.45, 2.75) is 127 Å². The van der Waals surface area contributed by atoms with Gasteiger partial charge >= 0.3 is 29.8 Å². The second-order valence-electron chi connectivity index (χ2n) is 17.8. The Balaban J connectivity index is 1.31. The minimum Gasteiger partial charge on any atom is -0.459 e. The fraction of sp³-hybridized carbons (Fsp3) is 0.373. The predicted molar refractivity (Wildman–Crippen MR) is 277 cm³/mol. The molecule has 0 aliphatic carbocycles. The van der Waals surface area contributed by atoms with E-state index in [-0.39, 0.29) is 27.8 Å². The van der Waals surface area contributed by atoms with Crippen molar-refractivity contribution in [3.8, 4) is 0 Å². The standard InChI is InChI=1S/C59H65N3O12/c1-2-3-4-5-6-7-8-9-10-11-12-13-29-40-49(70-55(64)44-32-21-15-22-33-44)48(61-62-60)41-69-59-53(74-58(67)47-38-27-18-28-39-47)52(73-57(66)46-36-25-17-26-37-46)51(72-56(65)45-34-23-16-24-35-45)50(71-59)42-68-54(63)43-30-19-14-20-31-43/h14-40,48-53,59H,2-13,41-42H2,1H3/b40-29+/t48-,49+,50+,51-,52-,53+,59+/m1/s1. The monoisotopic (exact) mass is 1010 g/mol. The van der Waals surface area contributed by atoms with E-state index in [1.54, 1.807) is 121 Å². The molecule has 0 spiro atoms. The van der Waals surface area contributed by atoms with Crippen molar-refractivity contribution in [2.24, 2.45) is 5.11 Å². The van der Waals surface area contributed by atoms with Crippen LogP contribution in [0.1, 0.15) is 136 Å². The van der Waals surface area contributed by atoms with Crippen molar-refractivity contribution in [2.75, 3.05) is 13.2 Å². The zero-order valence-electron chi connectivity index (χ0n) is 41.8. The summed E-state index contributed by atoms with van der Waals surface area (Å²) in [6.45, 7) is 1.12. The number of carbonyl (C=O) groups is 5. The van der Waals surface area contributed by atoms with Gasteiger partial charge in [-0.05, 0) is 85.1 Å². The fourth-order valence-corrected chi connectivity index (χ4v) is 8.28. The Bertz CT molecular complexity index is 2560. The van der Waals surface area contributed by atoms with Crippen LogP contribution in [0, 0.1) is 0 Å². The Kier molecular flexibility index (Phi) is 23.4. The number of carbonyl (C=O) groups excluding carboxylic acids is 5. The summed E-state index contributed by atoms with van der Waals surface area (Å²) in [5.41, 5.74) is 10.8. The van der Waals surface area contributed by atoms with Crippen LogP contribution in [-0.2, 0) is 33.2 Å². The summed E-state index contributed by atoms with van der Waals surface area (Å²) in [4.78, 5) is 72.4. The van der Waals surface area contributed by atoms with E-state index in [4.69, 9.17) is 33.2 Å². The van der Waals surface area contributed by atoms with Gasteiger partial charge in [0.05, 0.1) is 34.4 Å². The van der Waals surface area contributed by atoms with Gasteiger partial charge < -0.3 is 33.2 Å². The average Bonchev–Trinajstić information content (AvgIpc) is 3.44. The van der Waals surface area contributed by atoms with Crippen molar-refractivity contribution in [1.29, 1.82) is 0 Å². The first-order valence-corrected chi connectivity index (χ1v) is 25.5. The second kappa shape index (κ2) is 31.1. The molecule has 15 heteroatoms. The number of rotatable bonds is 29. The number of nitrogens with zero attached hydrogens (tertiary/aromatic N) is 3. The highest BCUT2D eigenvalue weighted by atomic mass is 16.7. The molecule has 1 aliphatic heterocycles. The van der Waals surface area contributed by atoms with Crippen molar-refractivity contribution < 1.29 is 57.1 Å². The molecule has 1 saturated heterocycles. The van der Waals surface area contributed by atoms with Crippen molar-refractivity contribution >= 4 is 29.8 Å². The Hall–Kier alpha value is -7.58. The van der Waals surface area contributed by atoms with Crippen LogP contribution in [0.2, 0.25) is 0 Å². The van der Waals surface area contributed by atoms with Crippen LogP contribution >= 0.6 is 0 Å². The van der Waals surface area contributed by atoms with E-state index in [0.29, 0.717) is 6.42 Å². The molecule has 0 radical (unpaired) electrons. The lowest BCUT2D eigenvalue weighted by Crippen LogP contribution is -2.63. The Morgan fingerprint density at radius 1 is 0.541 bits per heavy atom. The number of unbranched alkanes of at least 4 members (excludes halogenated alkanes) is 11. The van der Waals surface area contributed by atoms with Crippen LogP contribution in [0.15, 0.2) is 169 Å². The zero-order chi connectivity index (χ0) is 52.2. The van der Waals surface area contributed by atoms with E-state index in [1.165, 1.54) is 81.3 Å². The van der Waals surface area contributed by atoms with E-state index >= 15 is 0 Å². The molecule has 388 valence electrons. The highest BCUT2D eigenvalue weighted by Crippen LogP contribution is 2.32. The molecule has 74 heavy (non-hydrogen) atoms. The van der Waals surface area contributed by atoms with Crippen LogP contribution in [0.3, 0.4) is 0 Å². The molecule has 7 atom stereocenters. The Morgan fingerprint density at radius 3 is 1.41 bits per heavy atom. The molecule has 1 heterocycles. The largest absolute Gasteiger partial charge is 0.459 e. The van der Waals surface area contributed by atoms with Gasteiger partial charge in [-0.25, -0.2) is 24.0 Å². The van der Waals surface area contributed by atoms with Gasteiger partial charge in [0.2, 0.25) is 0 Å². The molecule has 5 aromatic carbocycles. The third-order valence-electron chi connectivity index (χ3n) is 12.3. The first-order chi connectivity index (χ1) is 36.2. The summed E-state index contributed by atoms with van der Waals surface area (Å²) in [6.07, 6.45) is 7.84. The number of hydrogen-bond donors (Lipinski definition) is 0. The topological polar surface area (TPSA) is 199 Å². The molecular weight excluding hydrogens is 943 g/mol. The number of hydrogen-bond acceptors (Lipinski definition) is 13. The third kappa shape index (κ3) is 17.9. The van der Waals surface area contributed by atoms with Gasteiger partial charge in [0.15, 0.2) is 24.6 Å². The minimum absolute atomic E-state index is 0.108. The summed E-state index contributed by atoms with van der Waals surface area (Å²) in [7, 11) is 0. The molecule has 15 nitrogen and oxygen atoms in total. The summed E-state index contributed by atoms with van der Waals surface area (Å²) in [5.74, 6) is -4.07. The first-order valence-electron chi connectivity index (χ1n) is 25.5. The second-order valence-corrected chi connectivity index (χ2v) is 17.8. The van der Waals surface area contributed by atoms with Crippen LogP contribution in [-0.4, -0.2) is 85.9 Å². The average molecular weight is 1010 g/mol. The van der Waals surface area contributed by atoms with Gasteiger partial charge in [0.25, 0.3) is 0 Å². The van der Waals surface area contributed by atoms with E-state index in [2.05, 4.69) is 16.9 Å². The highest BCUT2D eigenvalue weighted by molar-refractivity contribution is 5.92. The van der Waals surface area contributed by atoms with E-state index < -0.39 is 85.9 Å². The predicted octanol–water partition coefficient (Wildman–Crippen LogP) is 12.4. The van der Waals surface area contributed by atoms with Crippen LogP contribution in [0.4, 0.5) is 0 Å². The maximum Gasteiger partial charge on any atom is 0.338 e. The molecule has 1 fully saturated rings. The van der Waals surface area contributed by atoms with Crippen LogP contribution in [0.25, 0.3) is 10.4 Å². The molecule has 0 amide bonds. The summed E-state index contributed by atoms with van der Waals surface area (Å²) >= 11 is 0. The summed E-state index contributed by atoms with van der Waals surface area (Å²) in [5, 5.41) is 4.02. The molecule has 5 aromatic rings. The van der Waals surface area contributed by atoms with Gasteiger partial charge in [0, 0.05) is 4.91 Å². The molecule has 0 aromatic heterocycles. The number of allylic oxidation sites excluding steroid dienone is 1. The number of esters is 5. The lowest BCUT2D eigenvalue weighted by Gasteiger charge is -2.44. The smallest absolute Gasteiger partial charge is 0.338 e.